The number of likely N-dealkylation sites (tertiary alicyclic amines) is 1. The van der Waals surface area contributed by atoms with Crippen molar-refractivity contribution in [2.24, 2.45) is 0 Å². The highest BCUT2D eigenvalue weighted by Crippen LogP contribution is 2.44. The summed E-state index contributed by atoms with van der Waals surface area (Å²) in [4.78, 5) is 20.5. The first kappa shape index (κ1) is 19.3. The first-order valence-electron chi connectivity index (χ1n) is 10.8. The van der Waals surface area contributed by atoms with Crippen molar-refractivity contribution >= 4 is 16.9 Å². The SMILES string of the molecule is CCN(CC)C(=O)N[C@H]1C[C@@H]2c3cc(C(C)C)cc4[nH]cc(c34)C[C@H]2N(C)C1. The van der Waals surface area contributed by atoms with Crippen LogP contribution in [0.3, 0.4) is 0 Å². The molecule has 28 heavy (non-hydrogen) atoms. The van der Waals surface area contributed by atoms with E-state index in [1.165, 1.54) is 27.6 Å². The molecule has 2 heterocycles. The zero-order valence-electron chi connectivity index (χ0n) is 17.9. The quantitative estimate of drug-likeness (QED) is 0.838. The standard InChI is InChI=1S/C23H34N4O/c1-6-27(7-2)23(28)25-17-11-18-19-8-15(14(3)4)9-20-22(19)16(12-24-20)10-21(18)26(5)13-17/h8-9,12,14,17-18,21,24H,6-7,10-11,13H2,1-5H3,(H,25,28)/t17-,18+,21+/m0/s1. The van der Waals surface area contributed by atoms with Gasteiger partial charge in [-0.2, -0.15) is 0 Å². The molecule has 2 aliphatic rings. The lowest BCUT2D eigenvalue weighted by Crippen LogP contribution is -2.56. The van der Waals surface area contributed by atoms with Crippen LogP contribution in [0.4, 0.5) is 4.79 Å². The Hall–Kier alpha value is -2.01. The van der Waals surface area contributed by atoms with Gasteiger partial charge in [0.25, 0.3) is 0 Å². The van der Waals surface area contributed by atoms with Gasteiger partial charge in [-0.05, 0) is 62.4 Å². The summed E-state index contributed by atoms with van der Waals surface area (Å²) in [6.07, 6.45) is 4.31. The van der Waals surface area contributed by atoms with E-state index in [-0.39, 0.29) is 12.1 Å². The van der Waals surface area contributed by atoms with Gasteiger partial charge in [0.2, 0.25) is 0 Å². The van der Waals surface area contributed by atoms with Crippen LogP contribution in [0.2, 0.25) is 0 Å². The Bertz CT molecular complexity index is 867. The molecule has 0 spiro atoms. The third kappa shape index (κ3) is 3.20. The molecule has 1 aliphatic carbocycles. The molecular formula is C23H34N4O. The molecule has 1 aliphatic heterocycles. The Morgan fingerprint density at radius 1 is 1.32 bits per heavy atom. The molecule has 2 aromatic rings. The zero-order chi connectivity index (χ0) is 20.0. The molecule has 1 aromatic heterocycles. The lowest BCUT2D eigenvalue weighted by Gasteiger charge is -2.46. The third-order valence-electron chi connectivity index (χ3n) is 6.87. The summed E-state index contributed by atoms with van der Waals surface area (Å²) < 4.78 is 0. The summed E-state index contributed by atoms with van der Waals surface area (Å²) in [5.74, 6) is 0.970. The fourth-order valence-electron chi connectivity index (χ4n) is 5.25. The van der Waals surface area contributed by atoms with Crippen molar-refractivity contribution < 1.29 is 4.79 Å². The minimum absolute atomic E-state index is 0.0704. The number of hydrogen-bond donors (Lipinski definition) is 2. The Balaban J connectivity index is 1.66. The maximum Gasteiger partial charge on any atom is 0.317 e. The molecule has 0 radical (unpaired) electrons. The number of aromatic nitrogens is 1. The number of piperidine rings is 1. The predicted octanol–water partition coefficient (Wildman–Crippen LogP) is 4.06. The number of nitrogens with one attached hydrogen (secondary N) is 2. The number of benzene rings is 1. The lowest BCUT2D eigenvalue weighted by atomic mass is 9.73. The van der Waals surface area contributed by atoms with Crippen molar-refractivity contribution in [3.8, 4) is 0 Å². The van der Waals surface area contributed by atoms with Gasteiger partial charge in [-0.25, -0.2) is 4.79 Å². The molecule has 0 unspecified atom stereocenters. The van der Waals surface area contributed by atoms with E-state index in [9.17, 15) is 4.79 Å². The molecule has 1 saturated heterocycles. The third-order valence-corrected chi connectivity index (χ3v) is 6.87. The van der Waals surface area contributed by atoms with E-state index in [1.807, 2.05) is 18.7 Å². The van der Waals surface area contributed by atoms with Gasteiger partial charge in [0, 0.05) is 54.7 Å². The molecule has 3 atom stereocenters. The summed E-state index contributed by atoms with van der Waals surface area (Å²) in [6.45, 7) is 11.0. The van der Waals surface area contributed by atoms with E-state index in [1.54, 1.807) is 0 Å². The number of fused-ring (bicyclic) bond motifs is 2. The molecule has 5 nitrogen and oxygen atoms in total. The van der Waals surface area contributed by atoms with Crippen molar-refractivity contribution in [3.05, 3.63) is 35.0 Å². The molecule has 5 heteroatoms. The van der Waals surface area contributed by atoms with Gasteiger partial charge >= 0.3 is 6.03 Å². The average Bonchev–Trinajstić information content (AvgIpc) is 3.07. The fourth-order valence-corrected chi connectivity index (χ4v) is 5.25. The predicted molar refractivity (Wildman–Crippen MR) is 115 cm³/mol. The highest BCUT2D eigenvalue weighted by Gasteiger charge is 2.40. The molecule has 2 amide bonds. The number of H-pyrrole nitrogens is 1. The van der Waals surface area contributed by atoms with Crippen molar-refractivity contribution in [1.29, 1.82) is 0 Å². The van der Waals surface area contributed by atoms with Crippen LogP contribution in [0.5, 0.6) is 0 Å². The number of aromatic amines is 1. The molecule has 1 aromatic carbocycles. The van der Waals surface area contributed by atoms with Crippen LogP contribution < -0.4 is 5.32 Å². The summed E-state index contributed by atoms with van der Waals surface area (Å²) in [5, 5.41) is 4.73. The number of hydrogen-bond acceptors (Lipinski definition) is 2. The second-order valence-electron chi connectivity index (χ2n) is 8.87. The minimum Gasteiger partial charge on any atom is -0.361 e. The monoisotopic (exact) mass is 382 g/mol. The molecule has 1 fully saturated rings. The number of urea groups is 1. The number of carbonyl (C=O) groups is 1. The second-order valence-corrected chi connectivity index (χ2v) is 8.87. The van der Waals surface area contributed by atoms with Crippen LogP contribution in [0.25, 0.3) is 10.9 Å². The Labute approximate surface area is 168 Å². The number of nitrogens with zero attached hydrogens (tertiary/aromatic N) is 2. The topological polar surface area (TPSA) is 51.4 Å². The van der Waals surface area contributed by atoms with Crippen LogP contribution in [0.15, 0.2) is 18.3 Å². The highest BCUT2D eigenvalue weighted by atomic mass is 16.2. The van der Waals surface area contributed by atoms with Gasteiger partial charge in [0.1, 0.15) is 0 Å². The molecule has 4 rings (SSSR count). The fraction of sp³-hybridized carbons (Fsp3) is 0.609. The summed E-state index contributed by atoms with van der Waals surface area (Å²) >= 11 is 0. The summed E-state index contributed by atoms with van der Waals surface area (Å²) in [5.41, 5.74) is 5.58. The summed E-state index contributed by atoms with van der Waals surface area (Å²) in [6, 6.07) is 5.53. The number of amides is 2. The Morgan fingerprint density at radius 3 is 2.75 bits per heavy atom. The molecule has 2 N–H and O–H groups in total. The average molecular weight is 383 g/mol. The Morgan fingerprint density at radius 2 is 2.07 bits per heavy atom. The minimum atomic E-state index is 0.0704. The van der Waals surface area contributed by atoms with E-state index < -0.39 is 0 Å². The molecule has 0 saturated carbocycles. The van der Waals surface area contributed by atoms with Crippen LogP contribution in [-0.4, -0.2) is 59.6 Å². The van der Waals surface area contributed by atoms with E-state index in [0.29, 0.717) is 17.9 Å². The van der Waals surface area contributed by atoms with Crippen molar-refractivity contribution in [2.45, 2.75) is 64.5 Å². The van der Waals surface area contributed by atoms with Crippen molar-refractivity contribution in [1.82, 2.24) is 20.1 Å². The van der Waals surface area contributed by atoms with Gasteiger partial charge < -0.3 is 20.1 Å². The van der Waals surface area contributed by atoms with E-state index >= 15 is 0 Å². The zero-order valence-corrected chi connectivity index (χ0v) is 17.9. The maximum atomic E-state index is 12.6. The second kappa shape index (κ2) is 7.43. The first-order valence-corrected chi connectivity index (χ1v) is 10.8. The van der Waals surface area contributed by atoms with Gasteiger partial charge in [0.15, 0.2) is 0 Å². The number of carbonyl (C=O) groups excluding carboxylic acids is 1. The van der Waals surface area contributed by atoms with Crippen LogP contribution in [-0.2, 0) is 6.42 Å². The van der Waals surface area contributed by atoms with Crippen LogP contribution >= 0.6 is 0 Å². The van der Waals surface area contributed by atoms with Crippen molar-refractivity contribution in [2.75, 3.05) is 26.7 Å². The smallest absolute Gasteiger partial charge is 0.317 e. The van der Waals surface area contributed by atoms with Crippen LogP contribution in [0, 0.1) is 0 Å². The highest BCUT2D eigenvalue weighted by molar-refractivity contribution is 5.89. The van der Waals surface area contributed by atoms with Crippen molar-refractivity contribution in [3.63, 3.8) is 0 Å². The van der Waals surface area contributed by atoms with Gasteiger partial charge in [-0.1, -0.05) is 19.9 Å². The van der Waals surface area contributed by atoms with Gasteiger partial charge in [-0.15, -0.1) is 0 Å². The first-order chi connectivity index (χ1) is 13.4. The number of rotatable bonds is 4. The van der Waals surface area contributed by atoms with E-state index in [4.69, 9.17) is 0 Å². The van der Waals surface area contributed by atoms with Gasteiger partial charge in [0.05, 0.1) is 0 Å². The lowest BCUT2D eigenvalue weighted by molar-refractivity contribution is 0.124. The van der Waals surface area contributed by atoms with Gasteiger partial charge in [-0.3, -0.25) is 0 Å². The molecule has 0 bridgehead atoms. The Kier molecular flexibility index (Phi) is 5.13. The maximum absolute atomic E-state index is 12.6. The normalized spacial score (nSPS) is 24.4. The largest absolute Gasteiger partial charge is 0.361 e. The molecule has 152 valence electrons. The summed E-state index contributed by atoms with van der Waals surface area (Å²) in [7, 11) is 2.22. The van der Waals surface area contributed by atoms with Crippen LogP contribution in [0.1, 0.15) is 62.6 Å². The van der Waals surface area contributed by atoms with E-state index in [2.05, 4.69) is 54.4 Å². The molecular weight excluding hydrogens is 348 g/mol. The van der Waals surface area contributed by atoms with E-state index in [0.717, 1.165) is 32.5 Å². The number of likely N-dealkylation sites (N-methyl/N-ethyl adjacent to an activating group) is 1.